The Balaban J connectivity index is 4.49. The Hall–Kier alpha value is -4.45. The number of carbonyl (C=O) groups is 3. The molecule has 1 atom stereocenters. The summed E-state index contributed by atoms with van der Waals surface area (Å²) in [6.45, 7) is 6.39. The van der Waals surface area contributed by atoms with Crippen molar-refractivity contribution < 1.29 is 28.6 Å². The van der Waals surface area contributed by atoms with Crippen molar-refractivity contribution in [2.75, 3.05) is 13.2 Å². The Kier molecular flexibility index (Phi) is 66.3. The van der Waals surface area contributed by atoms with Crippen LogP contribution in [0.25, 0.3) is 0 Å². The maximum atomic E-state index is 13.0. The van der Waals surface area contributed by atoms with Crippen molar-refractivity contribution in [3.8, 4) is 0 Å². The van der Waals surface area contributed by atoms with Gasteiger partial charge in [-0.1, -0.05) is 321 Å². The molecule has 6 heteroatoms. The molecule has 0 spiro atoms. The molecule has 0 aromatic rings. The first kappa shape index (κ1) is 78.5. The fourth-order valence-corrected chi connectivity index (χ4v) is 9.54. The molecule has 0 aliphatic heterocycles. The summed E-state index contributed by atoms with van der Waals surface area (Å²) in [5.74, 6) is -0.961. The minimum atomic E-state index is -0.812. The summed E-state index contributed by atoms with van der Waals surface area (Å²) in [6, 6.07) is 0. The molecule has 0 N–H and O–H groups in total. The second-order valence-electron chi connectivity index (χ2n) is 22.7. The standard InChI is InChI=1S/C77H128O6/c1-4-7-10-13-16-19-22-25-28-31-34-37-38-41-43-46-49-52-55-58-61-64-67-70-76(79)82-73-74(83-77(80)71-68-65-62-59-56-53-50-47-44-40-36-33-30-27-24-21-18-15-12-9-6-3)72-81-75(78)69-66-63-60-57-54-51-48-45-42-39-35-32-29-26-23-20-17-14-11-8-5-2/h7,9-10,12,16,18-19,21,25,27-28,30,34,36-37,40-41,43,49,52,58,61,74H,4-6,8,11,13-15,17,20,22-24,26,29,31-33,35,38-39,42,44-48,50-51,53-57,59-60,62-73H2,1-3H3/b10-7-,12-9-,19-16-,21-18-,28-25-,30-27-,37-34-,40-36-,43-41-,52-49-,61-58-. The van der Waals surface area contributed by atoms with E-state index in [9.17, 15) is 14.4 Å². The first-order valence-electron chi connectivity index (χ1n) is 34.7. The summed E-state index contributed by atoms with van der Waals surface area (Å²) in [5.41, 5.74) is 0. The van der Waals surface area contributed by atoms with E-state index in [4.69, 9.17) is 14.2 Å². The minimum absolute atomic E-state index is 0.100. The summed E-state index contributed by atoms with van der Waals surface area (Å²) in [7, 11) is 0. The number of carbonyl (C=O) groups excluding carboxylic acids is 3. The van der Waals surface area contributed by atoms with Gasteiger partial charge >= 0.3 is 17.9 Å². The van der Waals surface area contributed by atoms with Crippen molar-refractivity contribution in [2.24, 2.45) is 0 Å². The Labute approximate surface area is 513 Å². The van der Waals surface area contributed by atoms with Crippen LogP contribution in [0.15, 0.2) is 134 Å². The van der Waals surface area contributed by atoms with E-state index in [1.165, 1.54) is 148 Å². The fourth-order valence-electron chi connectivity index (χ4n) is 9.54. The van der Waals surface area contributed by atoms with Crippen LogP contribution in [0, 0.1) is 0 Å². The van der Waals surface area contributed by atoms with E-state index in [1.807, 2.05) is 0 Å². The van der Waals surface area contributed by atoms with Crippen molar-refractivity contribution in [3.05, 3.63) is 134 Å². The number of ether oxygens (including phenoxy) is 3. The summed E-state index contributed by atoms with van der Waals surface area (Å²) in [6.07, 6.45) is 99.0. The van der Waals surface area contributed by atoms with Gasteiger partial charge in [-0.3, -0.25) is 14.4 Å². The molecule has 0 radical (unpaired) electrons. The molecule has 1 unspecified atom stereocenters. The lowest BCUT2D eigenvalue weighted by atomic mass is 10.0. The van der Waals surface area contributed by atoms with E-state index < -0.39 is 6.10 Å². The Bertz CT molecular complexity index is 1750. The van der Waals surface area contributed by atoms with Crippen LogP contribution in [0.3, 0.4) is 0 Å². The minimum Gasteiger partial charge on any atom is -0.462 e. The predicted octanol–water partition coefficient (Wildman–Crippen LogP) is 24.1. The van der Waals surface area contributed by atoms with Crippen LogP contribution in [0.2, 0.25) is 0 Å². The zero-order valence-electron chi connectivity index (χ0n) is 54.2. The number of hydrogen-bond acceptors (Lipinski definition) is 6. The summed E-state index contributed by atoms with van der Waals surface area (Å²) >= 11 is 0. The van der Waals surface area contributed by atoms with Gasteiger partial charge in [0.05, 0.1) is 0 Å². The Morgan fingerprint density at radius 3 is 0.783 bits per heavy atom. The Morgan fingerprint density at radius 2 is 0.482 bits per heavy atom. The normalized spacial score (nSPS) is 13.0. The van der Waals surface area contributed by atoms with Crippen LogP contribution in [0.5, 0.6) is 0 Å². The molecule has 0 aromatic carbocycles. The highest BCUT2D eigenvalue weighted by Crippen LogP contribution is 2.17. The molecule has 0 aliphatic carbocycles. The van der Waals surface area contributed by atoms with Gasteiger partial charge in [-0.2, -0.15) is 0 Å². The second-order valence-corrected chi connectivity index (χ2v) is 22.7. The summed E-state index contributed by atoms with van der Waals surface area (Å²) < 4.78 is 16.9. The first-order chi connectivity index (χ1) is 41.0. The Morgan fingerprint density at radius 1 is 0.253 bits per heavy atom. The van der Waals surface area contributed by atoms with E-state index in [-0.39, 0.29) is 37.5 Å². The molecule has 0 saturated heterocycles. The maximum absolute atomic E-state index is 13.0. The predicted molar refractivity (Wildman–Crippen MR) is 362 cm³/mol. The monoisotopic (exact) mass is 1150 g/mol. The van der Waals surface area contributed by atoms with Crippen LogP contribution in [0.4, 0.5) is 0 Å². The first-order valence-corrected chi connectivity index (χ1v) is 34.7. The van der Waals surface area contributed by atoms with Crippen LogP contribution in [0.1, 0.15) is 316 Å². The van der Waals surface area contributed by atoms with Gasteiger partial charge in [0.25, 0.3) is 0 Å². The van der Waals surface area contributed by atoms with Crippen LogP contribution < -0.4 is 0 Å². The summed E-state index contributed by atoms with van der Waals surface area (Å²) in [5, 5.41) is 0. The van der Waals surface area contributed by atoms with E-state index in [2.05, 4.69) is 154 Å². The lowest BCUT2D eigenvalue weighted by Gasteiger charge is -2.18. The lowest BCUT2D eigenvalue weighted by molar-refractivity contribution is -0.167. The topological polar surface area (TPSA) is 78.9 Å². The molecule has 0 rings (SSSR count). The van der Waals surface area contributed by atoms with Gasteiger partial charge in [-0.15, -0.1) is 0 Å². The lowest BCUT2D eigenvalue weighted by Crippen LogP contribution is -2.30. The molecule has 83 heavy (non-hydrogen) atoms. The smallest absolute Gasteiger partial charge is 0.306 e. The molecule has 0 saturated carbocycles. The fraction of sp³-hybridized carbons (Fsp3) is 0.675. The maximum Gasteiger partial charge on any atom is 0.306 e. The third-order valence-corrected chi connectivity index (χ3v) is 14.7. The van der Waals surface area contributed by atoms with Crippen molar-refractivity contribution >= 4 is 17.9 Å². The average Bonchev–Trinajstić information content (AvgIpc) is 3.49. The average molecular weight is 1150 g/mol. The van der Waals surface area contributed by atoms with Crippen LogP contribution in [-0.2, 0) is 28.6 Å². The number of rotatable bonds is 62. The van der Waals surface area contributed by atoms with Gasteiger partial charge < -0.3 is 14.2 Å². The molecule has 6 nitrogen and oxygen atoms in total. The number of allylic oxidation sites excluding steroid dienone is 22. The largest absolute Gasteiger partial charge is 0.462 e. The molecule has 0 bridgehead atoms. The third-order valence-electron chi connectivity index (χ3n) is 14.7. The quantitative estimate of drug-likeness (QED) is 0.0261. The number of unbranched alkanes of at least 4 members (excludes halogenated alkanes) is 29. The molecule has 0 amide bonds. The zero-order valence-corrected chi connectivity index (χ0v) is 54.2. The third kappa shape index (κ3) is 68.2. The highest BCUT2D eigenvalue weighted by molar-refractivity contribution is 5.71. The highest BCUT2D eigenvalue weighted by atomic mass is 16.6. The van der Waals surface area contributed by atoms with Crippen LogP contribution >= 0.6 is 0 Å². The van der Waals surface area contributed by atoms with Crippen molar-refractivity contribution in [1.82, 2.24) is 0 Å². The van der Waals surface area contributed by atoms with Crippen molar-refractivity contribution in [3.63, 3.8) is 0 Å². The SMILES string of the molecule is CC/C=C\C/C=C\C/C=C\C/C=C\C/C=C\C/C=C\C/C=C\CCCC(=O)OCC(COC(=O)CCCCCCCCCCCCCCCCCCCCCCC)OC(=O)CCCCCCCCCC/C=C\C/C=C\C/C=C\C/C=C\CC. The van der Waals surface area contributed by atoms with Gasteiger partial charge in [0.15, 0.2) is 6.10 Å². The molecule has 0 heterocycles. The highest BCUT2D eigenvalue weighted by Gasteiger charge is 2.19. The van der Waals surface area contributed by atoms with E-state index in [0.717, 1.165) is 122 Å². The number of esters is 3. The van der Waals surface area contributed by atoms with Gasteiger partial charge in [0.2, 0.25) is 0 Å². The van der Waals surface area contributed by atoms with Gasteiger partial charge in [-0.05, 0) is 109 Å². The van der Waals surface area contributed by atoms with Crippen molar-refractivity contribution in [2.45, 2.75) is 322 Å². The molecule has 472 valence electrons. The molecular formula is C77H128O6. The van der Waals surface area contributed by atoms with Crippen molar-refractivity contribution in [1.29, 1.82) is 0 Å². The van der Waals surface area contributed by atoms with Gasteiger partial charge in [0.1, 0.15) is 13.2 Å². The second kappa shape index (κ2) is 70.0. The van der Waals surface area contributed by atoms with E-state index in [0.29, 0.717) is 19.3 Å². The van der Waals surface area contributed by atoms with Crippen LogP contribution in [-0.4, -0.2) is 37.2 Å². The van der Waals surface area contributed by atoms with Gasteiger partial charge in [-0.25, -0.2) is 0 Å². The summed E-state index contributed by atoms with van der Waals surface area (Å²) in [4.78, 5) is 38.5. The molecule has 0 aromatic heterocycles. The number of hydrogen-bond donors (Lipinski definition) is 0. The molecule has 0 aliphatic rings. The van der Waals surface area contributed by atoms with E-state index >= 15 is 0 Å². The van der Waals surface area contributed by atoms with Gasteiger partial charge in [0, 0.05) is 19.3 Å². The zero-order chi connectivity index (χ0) is 59.9. The molecule has 0 fully saturated rings. The van der Waals surface area contributed by atoms with E-state index in [1.54, 1.807) is 0 Å². The molecular weight excluding hydrogens is 1020 g/mol.